The number of carbonyl (C=O) groups is 2. The van der Waals surface area contributed by atoms with Gasteiger partial charge in [-0.15, -0.1) is 0 Å². The van der Waals surface area contributed by atoms with E-state index in [0.29, 0.717) is 43.3 Å². The fraction of sp³-hybridized carbons (Fsp3) is 0.565. The van der Waals surface area contributed by atoms with Gasteiger partial charge in [0.1, 0.15) is 5.56 Å². The maximum atomic E-state index is 13.3. The predicted octanol–water partition coefficient (Wildman–Crippen LogP) is 0.471. The van der Waals surface area contributed by atoms with Crippen molar-refractivity contribution < 1.29 is 24.0 Å². The van der Waals surface area contributed by atoms with Crippen LogP contribution in [0.3, 0.4) is 0 Å². The highest BCUT2D eigenvalue weighted by Crippen LogP contribution is 2.24. The van der Waals surface area contributed by atoms with E-state index in [2.05, 4.69) is 15.7 Å². The van der Waals surface area contributed by atoms with Crippen molar-refractivity contribution in [3.05, 3.63) is 27.6 Å². The molecule has 1 aliphatic carbocycles. The Morgan fingerprint density at radius 3 is 2.71 bits per heavy atom. The highest BCUT2D eigenvalue weighted by atomic mass is 16.5. The van der Waals surface area contributed by atoms with Gasteiger partial charge in [-0.05, 0) is 31.8 Å². The third-order valence-corrected chi connectivity index (χ3v) is 6.08. The van der Waals surface area contributed by atoms with Gasteiger partial charge in [-0.3, -0.25) is 9.59 Å². The molecule has 184 valence electrons. The first-order chi connectivity index (χ1) is 16.2. The number of aromatic nitrogens is 3. The maximum absolute atomic E-state index is 13.3. The summed E-state index contributed by atoms with van der Waals surface area (Å²) in [5.74, 6) is -0.558. The third-order valence-electron chi connectivity index (χ3n) is 6.08. The smallest absolute Gasteiger partial charge is 0.378 e. The summed E-state index contributed by atoms with van der Waals surface area (Å²) in [4.78, 5) is 40.7. The Morgan fingerprint density at radius 1 is 1.35 bits per heavy atom. The second-order valence-corrected chi connectivity index (χ2v) is 9.35. The van der Waals surface area contributed by atoms with Crippen LogP contribution >= 0.6 is 0 Å². The van der Waals surface area contributed by atoms with Gasteiger partial charge in [0.25, 0.3) is 5.91 Å². The van der Waals surface area contributed by atoms with E-state index in [1.807, 2.05) is 20.8 Å². The minimum atomic E-state index is -0.657. The molecule has 0 bridgehead atoms. The van der Waals surface area contributed by atoms with Gasteiger partial charge < -0.3 is 25.4 Å². The van der Waals surface area contributed by atoms with Crippen LogP contribution in [0.2, 0.25) is 0 Å². The first-order valence-electron chi connectivity index (χ1n) is 11.7. The van der Waals surface area contributed by atoms with E-state index in [-0.39, 0.29) is 35.4 Å². The Morgan fingerprint density at radius 2 is 2.09 bits per heavy atom. The van der Waals surface area contributed by atoms with Crippen LogP contribution in [0, 0.1) is 5.92 Å². The lowest BCUT2D eigenvalue weighted by Crippen LogP contribution is -2.46. The molecule has 4 N–H and O–H groups in total. The molecule has 0 aromatic carbocycles. The van der Waals surface area contributed by atoms with Crippen LogP contribution in [0.25, 0.3) is 11.7 Å². The van der Waals surface area contributed by atoms with E-state index in [4.69, 9.17) is 4.74 Å². The number of aromatic hydroxyl groups is 1. The molecule has 1 aliphatic heterocycles. The normalized spacial score (nSPS) is 18.7. The van der Waals surface area contributed by atoms with E-state index in [0.717, 1.165) is 12.8 Å². The molecule has 2 fully saturated rings. The van der Waals surface area contributed by atoms with Crippen molar-refractivity contribution in [2.24, 2.45) is 5.92 Å². The van der Waals surface area contributed by atoms with Crippen molar-refractivity contribution >= 4 is 29.4 Å². The van der Waals surface area contributed by atoms with Crippen molar-refractivity contribution in [3.8, 4) is 5.88 Å². The fourth-order valence-corrected chi connectivity index (χ4v) is 4.19. The lowest BCUT2D eigenvalue weighted by Gasteiger charge is -2.32. The van der Waals surface area contributed by atoms with Crippen LogP contribution in [0.1, 0.15) is 49.5 Å². The van der Waals surface area contributed by atoms with Crippen molar-refractivity contribution in [1.29, 1.82) is 0 Å². The molecule has 2 aromatic rings. The van der Waals surface area contributed by atoms with Gasteiger partial charge in [-0.2, -0.15) is 4.57 Å². The Kier molecular flexibility index (Phi) is 6.65. The number of amides is 2. The zero-order valence-corrected chi connectivity index (χ0v) is 20.1. The molecular weight excluding hydrogens is 440 g/mol. The number of aromatic amines is 1. The quantitative estimate of drug-likeness (QED) is 0.342. The van der Waals surface area contributed by atoms with E-state index >= 15 is 0 Å². The van der Waals surface area contributed by atoms with Crippen LogP contribution in [-0.2, 0) is 16.1 Å². The molecular formula is C23H33N6O5+. The lowest BCUT2D eigenvalue weighted by atomic mass is 10.2. The van der Waals surface area contributed by atoms with Crippen molar-refractivity contribution in [2.75, 3.05) is 32.1 Å². The van der Waals surface area contributed by atoms with E-state index in [9.17, 15) is 19.5 Å². The number of hydrogen-bond acceptors (Lipinski definition) is 6. The number of morpholine rings is 1. The van der Waals surface area contributed by atoms with Gasteiger partial charge in [0.05, 0.1) is 25.8 Å². The molecule has 1 saturated carbocycles. The van der Waals surface area contributed by atoms with Gasteiger partial charge in [-0.25, -0.2) is 9.89 Å². The Labute approximate surface area is 197 Å². The monoisotopic (exact) mass is 473 g/mol. The number of nitrogens with one attached hydrogen (secondary N) is 3. The number of H-pyrrole nitrogens is 1. The summed E-state index contributed by atoms with van der Waals surface area (Å²) in [5.41, 5.74) is -0.0702. The number of anilines is 1. The van der Waals surface area contributed by atoms with Crippen molar-refractivity contribution in [1.82, 2.24) is 19.8 Å². The molecule has 34 heavy (non-hydrogen) atoms. The second kappa shape index (κ2) is 9.49. The Bertz CT molecular complexity index is 1190. The molecule has 1 atom stereocenters. The van der Waals surface area contributed by atoms with Crippen LogP contribution in [0.4, 0.5) is 5.82 Å². The molecule has 11 nitrogen and oxygen atoms in total. The zero-order chi connectivity index (χ0) is 24.6. The molecule has 0 radical (unpaired) electrons. The highest BCUT2D eigenvalue weighted by Gasteiger charge is 2.35. The number of hydrogen-bond donors (Lipinski definition) is 4. The van der Waals surface area contributed by atoms with Crippen molar-refractivity contribution in [3.63, 3.8) is 0 Å². The van der Waals surface area contributed by atoms with Gasteiger partial charge in [0.2, 0.25) is 11.5 Å². The summed E-state index contributed by atoms with van der Waals surface area (Å²) in [6.45, 7) is 7.71. The summed E-state index contributed by atoms with van der Waals surface area (Å²) in [5, 5.41) is 19.9. The van der Waals surface area contributed by atoms with E-state index < -0.39 is 11.5 Å². The average Bonchev–Trinajstić information content (AvgIpc) is 3.52. The topological polar surface area (TPSA) is 132 Å². The summed E-state index contributed by atoms with van der Waals surface area (Å²) in [6, 6.07) is -0.00291. The predicted molar refractivity (Wildman–Crippen MR) is 126 cm³/mol. The first kappa shape index (κ1) is 23.8. The molecule has 0 unspecified atom stereocenters. The summed E-state index contributed by atoms with van der Waals surface area (Å²) in [6.07, 6.45) is 4.81. The molecule has 2 aliphatic rings. The highest BCUT2D eigenvalue weighted by molar-refractivity contribution is 5.97. The van der Waals surface area contributed by atoms with Crippen molar-refractivity contribution in [2.45, 2.75) is 52.2 Å². The van der Waals surface area contributed by atoms with E-state index in [1.54, 1.807) is 22.6 Å². The van der Waals surface area contributed by atoms with Crippen LogP contribution in [0.5, 0.6) is 5.88 Å². The third kappa shape index (κ3) is 4.52. The zero-order valence-electron chi connectivity index (χ0n) is 20.1. The molecule has 0 spiro atoms. The van der Waals surface area contributed by atoms with Crippen LogP contribution < -0.4 is 20.8 Å². The fourth-order valence-electron chi connectivity index (χ4n) is 4.19. The van der Waals surface area contributed by atoms with E-state index in [1.165, 1.54) is 10.6 Å². The van der Waals surface area contributed by atoms with Crippen LogP contribution in [-0.4, -0.2) is 70.3 Å². The average molecular weight is 474 g/mol. The number of ether oxygens (including phenoxy) is 1. The van der Waals surface area contributed by atoms with Gasteiger partial charge >= 0.3 is 17.1 Å². The van der Waals surface area contributed by atoms with Crippen LogP contribution in [0.15, 0.2) is 10.9 Å². The molecule has 4 rings (SSSR count). The molecule has 11 heteroatoms. The maximum Gasteiger partial charge on any atom is 0.378 e. The number of carbonyl (C=O) groups excluding carboxylic acids is 2. The minimum absolute atomic E-state index is 0.0362. The summed E-state index contributed by atoms with van der Waals surface area (Å²) >= 11 is 0. The SMILES string of the molecule is CNc1[nH]n2c(=O)c(C(=O)NC3CC3)c(O)[n+](CC(C)C)c2c1/C=C/C(=O)N1CCOC[C@@H]1C. The molecule has 3 heterocycles. The lowest BCUT2D eigenvalue weighted by molar-refractivity contribution is -0.686. The minimum Gasteiger partial charge on any atom is -0.477 e. The molecule has 1 saturated heterocycles. The Hall–Kier alpha value is -3.34. The van der Waals surface area contributed by atoms with Gasteiger partial charge in [-0.1, -0.05) is 18.4 Å². The first-order valence-corrected chi connectivity index (χ1v) is 11.7. The van der Waals surface area contributed by atoms with Gasteiger partial charge in [0.15, 0.2) is 5.82 Å². The largest absolute Gasteiger partial charge is 0.477 e. The molecule has 2 amide bonds. The Balaban J connectivity index is 1.84. The number of nitrogens with zero attached hydrogens (tertiary/aromatic N) is 3. The number of fused-ring (bicyclic) bond motifs is 1. The standard InChI is InChI=1S/C23H32N6O5/c1-13(2)11-28-21-16(7-8-17(30)27-9-10-34-12-14(27)3)19(24-4)26-29(21)23(33)18(22(28)32)20(31)25-15-5-6-15/h7-8,13-15H,5-6,9-12H2,1-4H3,(H3,24,25,26,31,32,33)/p+1/b8-7+/t14-/m0/s1. The molecule has 2 aromatic heterocycles. The second-order valence-electron chi connectivity index (χ2n) is 9.35. The summed E-state index contributed by atoms with van der Waals surface area (Å²) in [7, 11) is 1.69. The van der Waals surface area contributed by atoms with Gasteiger partial charge in [0, 0.05) is 25.7 Å². The number of rotatable bonds is 7. The summed E-state index contributed by atoms with van der Waals surface area (Å²) < 4.78 is 8.20.